The van der Waals surface area contributed by atoms with Gasteiger partial charge in [0.15, 0.2) is 0 Å². The Morgan fingerprint density at radius 3 is 2.81 bits per heavy atom. The molecule has 3 rings (SSSR count). The van der Waals surface area contributed by atoms with Crippen molar-refractivity contribution in [1.82, 2.24) is 20.2 Å². The lowest BCUT2D eigenvalue weighted by Crippen LogP contribution is -2.23. The number of aryl methyl sites for hydroxylation is 3. The maximum Gasteiger partial charge on any atom is 0.259 e. The number of nitrogens with zero attached hydrogens (tertiary/aromatic N) is 3. The third-order valence-electron chi connectivity index (χ3n) is 4.09. The first kappa shape index (κ1) is 20.0. The van der Waals surface area contributed by atoms with Gasteiger partial charge in [0.05, 0.1) is 16.4 Å². The van der Waals surface area contributed by atoms with Crippen molar-refractivity contribution >= 4 is 55.7 Å². The molecule has 10 heteroatoms. The number of hydrogen-bond donors (Lipinski definition) is 2. The molecule has 3 heterocycles. The first-order valence-corrected chi connectivity index (χ1v) is 11.3. The van der Waals surface area contributed by atoms with E-state index >= 15 is 0 Å². The average molecular weight is 424 g/mol. The molecule has 7 nitrogen and oxygen atoms in total. The Morgan fingerprint density at radius 1 is 1.30 bits per heavy atom. The van der Waals surface area contributed by atoms with E-state index in [9.17, 15) is 9.59 Å². The van der Waals surface area contributed by atoms with Crippen LogP contribution in [0.4, 0.5) is 5.13 Å². The van der Waals surface area contributed by atoms with Gasteiger partial charge < -0.3 is 4.98 Å². The fourth-order valence-electron chi connectivity index (χ4n) is 2.47. The van der Waals surface area contributed by atoms with Gasteiger partial charge in [0, 0.05) is 11.3 Å². The molecule has 0 saturated heterocycles. The molecule has 0 bridgehead atoms. The summed E-state index contributed by atoms with van der Waals surface area (Å²) in [5, 5.41) is 12.7. The van der Waals surface area contributed by atoms with Gasteiger partial charge in [-0.1, -0.05) is 18.3 Å². The molecule has 1 unspecified atom stereocenters. The molecule has 3 aromatic heterocycles. The minimum absolute atomic E-state index is 0.119. The Kier molecular flexibility index (Phi) is 6.28. The monoisotopic (exact) mass is 423 g/mol. The minimum atomic E-state index is -0.309. The predicted octanol–water partition coefficient (Wildman–Crippen LogP) is 3.67. The van der Waals surface area contributed by atoms with E-state index in [4.69, 9.17) is 0 Å². The largest absolute Gasteiger partial charge is 0.309 e. The average Bonchev–Trinajstić information content (AvgIpc) is 3.17. The number of thiophene rings is 1. The quantitative estimate of drug-likeness (QED) is 0.601. The highest BCUT2D eigenvalue weighted by Gasteiger charge is 2.17. The molecule has 0 aliphatic heterocycles. The van der Waals surface area contributed by atoms with E-state index in [0.717, 1.165) is 33.1 Å². The first-order chi connectivity index (χ1) is 12.9. The molecule has 0 saturated carbocycles. The van der Waals surface area contributed by atoms with Gasteiger partial charge in [-0.05, 0) is 32.8 Å². The van der Waals surface area contributed by atoms with E-state index < -0.39 is 0 Å². The number of H-pyrrole nitrogens is 1. The molecule has 1 amide bonds. The Hall–Kier alpha value is -1.78. The number of thioether (sulfide) groups is 1. The first-order valence-electron chi connectivity index (χ1n) is 8.62. The zero-order valence-electron chi connectivity index (χ0n) is 15.6. The SMILES string of the molecule is CCCc1nnc(NC(=O)C(C)SCc2nc3sc(C)c(C)c3c(=O)[nH]2)s1. The van der Waals surface area contributed by atoms with Crippen molar-refractivity contribution in [2.45, 2.75) is 51.5 Å². The molecule has 0 fully saturated rings. The van der Waals surface area contributed by atoms with Crippen LogP contribution in [0.3, 0.4) is 0 Å². The number of nitrogens with one attached hydrogen (secondary N) is 2. The molecule has 3 aromatic rings. The van der Waals surface area contributed by atoms with E-state index in [1.807, 2.05) is 20.8 Å². The molecule has 144 valence electrons. The lowest BCUT2D eigenvalue weighted by molar-refractivity contribution is -0.115. The van der Waals surface area contributed by atoms with Gasteiger partial charge in [0.2, 0.25) is 11.0 Å². The summed E-state index contributed by atoms with van der Waals surface area (Å²) in [6, 6.07) is 0. The van der Waals surface area contributed by atoms with E-state index in [1.54, 1.807) is 0 Å². The van der Waals surface area contributed by atoms with Gasteiger partial charge in [-0.3, -0.25) is 14.9 Å². The summed E-state index contributed by atoms with van der Waals surface area (Å²) in [6.45, 7) is 7.82. The third kappa shape index (κ3) is 4.56. The maximum absolute atomic E-state index is 12.3. The zero-order chi connectivity index (χ0) is 19.6. The van der Waals surface area contributed by atoms with E-state index in [0.29, 0.717) is 22.1 Å². The molecule has 0 aromatic carbocycles. The van der Waals surface area contributed by atoms with Gasteiger partial charge in [-0.15, -0.1) is 33.3 Å². The van der Waals surface area contributed by atoms with Crippen LogP contribution in [0.1, 0.15) is 41.5 Å². The molecular formula is C17H21N5O2S3. The summed E-state index contributed by atoms with van der Waals surface area (Å²) in [7, 11) is 0. The van der Waals surface area contributed by atoms with Crippen LogP contribution in [0.25, 0.3) is 10.2 Å². The van der Waals surface area contributed by atoms with Crippen LogP contribution < -0.4 is 10.9 Å². The standard InChI is InChI=1S/C17H21N5O2S3/c1-5-6-12-21-22-17(27-12)20-14(23)10(4)25-7-11-18-15(24)13-8(2)9(3)26-16(13)19-11/h10H,5-7H2,1-4H3,(H,18,19,24)(H,20,22,23). The summed E-state index contributed by atoms with van der Waals surface area (Å²) in [5.74, 6) is 0.900. The number of hydrogen-bond acceptors (Lipinski definition) is 8. The molecule has 2 N–H and O–H groups in total. The highest BCUT2D eigenvalue weighted by atomic mass is 32.2. The van der Waals surface area contributed by atoms with Crippen molar-refractivity contribution in [2.75, 3.05) is 5.32 Å². The van der Waals surface area contributed by atoms with Crippen molar-refractivity contribution in [3.8, 4) is 0 Å². The van der Waals surface area contributed by atoms with E-state index in [2.05, 4.69) is 32.4 Å². The van der Waals surface area contributed by atoms with Crippen LogP contribution in [0, 0.1) is 13.8 Å². The van der Waals surface area contributed by atoms with E-state index in [-0.39, 0.29) is 16.7 Å². The van der Waals surface area contributed by atoms with Crippen molar-refractivity contribution in [3.05, 3.63) is 31.6 Å². The predicted molar refractivity (Wildman–Crippen MR) is 113 cm³/mol. The second-order valence-corrected chi connectivity index (χ2v) is 9.76. The molecule has 27 heavy (non-hydrogen) atoms. The van der Waals surface area contributed by atoms with E-state index in [1.165, 1.54) is 34.4 Å². The molecular weight excluding hydrogens is 402 g/mol. The lowest BCUT2D eigenvalue weighted by atomic mass is 10.2. The van der Waals surface area contributed by atoms with Crippen molar-refractivity contribution in [3.63, 3.8) is 0 Å². The van der Waals surface area contributed by atoms with Gasteiger partial charge in [0.25, 0.3) is 5.56 Å². The lowest BCUT2D eigenvalue weighted by Gasteiger charge is -2.09. The maximum atomic E-state index is 12.3. The Balaban J connectivity index is 1.62. The molecule has 0 aliphatic carbocycles. The molecule has 1 atom stereocenters. The number of fused-ring (bicyclic) bond motifs is 1. The summed E-state index contributed by atoms with van der Waals surface area (Å²) in [6.07, 6.45) is 1.86. The summed E-state index contributed by atoms with van der Waals surface area (Å²) in [4.78, 5) is 33.9. The van der Waals surface area contributed by atoms with Crippen LogP contribution in [-0.2, 0) is 17.0 Å². The zero-order valence-corrected chi connectivity index (χ0v) is 18.0. The fourth-order valence-corrected chi connectivity index (χ4v) is 5.12. The Labute approximate surface area is 169 Å². The fraction of sp³-hybridized carbons (Fsp3) is 0.471. The van der Waals surface area contributed by atoms with Crippen molar-refractivity contribution in [2.24, 2.45) is 0 Å². The summed E-state index contributed by atoms with van der Waals surface area (Å²) >= 11 is 4.34. The van der Waals surface area contributed by atoms with Gasteiger partial charge in [-0.25, -0.2) is 4.98 Å². The summed E-state index contributed by atoms with van der Waals surface area (Å²) in [5.41, 5.74) is 0.863. The highest BCUT2D eigenvalue weighted by molar-refractivity contribution is 7.99. The number of anilines is 1. The molecule has 0 radical (unpaired) electrons. The number of amides is 1. The highest BCUT2D eigenvalue weighted by Crippen LogP contribution is 2.26. The summed E-state index contributed by atoms with van der Waals surface area (Å²) < 4.78 is 0. The second kappa shape index (κ2) is 8.49. The topological polar surface area (TPSA) is 101 Å². The second-order valence-electron chi connectivity index (χ2n) is 6.17. The van der Waals surface area contributed by atoms with Gasteiger partial charge >= 0.3 is 0 Å². The van der Waals surface area contributed by atoms with Crippen molar-refractivity contribution in [1.29, 1.82) is 0 Å². The van der Waals surface area contributed by atoms with Crippen LogP contribution >= 0.6 is 34.4 Å². The van der Waals surface area contributed by atoms with Crippen LogP contribution in [0.2, 0.25) is 0 Å². The smallest absolute Gasteiger partial charge is 0.259 e. The number of carbonyl (C=O) groups is 1. The molecule has 0 aliphatic rings. The number of aromatic amines is 1. The third-order valence-corrected chi connectivity index (χ3v) is 7.24. The van der Waals surface area contributed by atoms with Gasteiger partial charge in [0.1, 0.15) is 15.7 Å². The normalized spacial score (nSPS) is 12.4. The van der Waals surface area contributed by atoms with Crippen LogP contribution in [0.5, 0.6) is 0 Å². The van der Waals surface area contributed by atoms with Gasteiger partial charge in [-0.2, -0.15) is 0 Å². The Morgan fingerprint density at radius 2 is 2.07 bits per heavy atom. The van der Waals surface area contributed by atoms with Crippen LogP contribution in [-0.4, -0.2) is 31.3 Å². The van der Waals surface area contributed by atoms with Crippen LogP contribution in [0.15, 0.2) is 4.79 Å². The minimum Gasteiger partial charge on any atom is -0.309 e. The number of carbonyl (C=O) groups excluding carboxylic acids is 1. The Bertz CT molecular complexity index is 1020. The number of aromatic nitrogens is 4. The van der Waals surface area contributed by atoms with Crippen molar-refractivity contribution < 1.29 is 4.79 Å². The molecule has 0 spiro atoms. The number of rotatable bonds is 7.